The van der Waals surface area contributed by atoms with Gasteiger partial charge in [0, 0.05) is 37.7 Å². The molecule has 1 aromatic carbocycles. The van der Waals surface area contributed by atoms with Crippen LogP contribution in [0.5, 0.6) is 0 Å². The number of piperazine rings is 1. The van der Waals surface area contributed by atoms with Crippen LogP contribution in [-0.4, -0.2) is 74.2 Å². The minimum atomic E-state index is -1.82. The summed E-state index contributed by atoms with van der Waals surface area (Å²) >= 11 is 0. The van der Waals surface area contributed by atoms with Gasteiger partial charge < -0.3 is 19.6 Å². The molecule has 0 spiro atoms. The lowest BCUT2D eigenvalue weighted by Crippen LogP contribution is -2.49. The fraction of sp³-hybridized carbons (Fsp3) is 0.450. The maximum atomic E-state index is 12.1. The lowest BCUT2D eigenvalue weighted by Gasteiger charge is -2.36. The van der Waals surface area contributed by atoms with E-state index in [2.05, 4.69) is 22.0 Å². The lowest BCUT2D eigenvalue weighted by molar-refractivity contribution is -0.159. The number of nitrogens with zero attached hydrogens (tertiary/aromatic N) is 4. The van der Waals surface area contributed by atoms with Crippen LogP contribution in [0.2, 0.25) is 0 Å². The number of rotatable bonds is 4. The average molecular weight is 416 g/mol. The van der Waals surface area contributed by atoms with Crippen molar-refractivity contribution in [1.29, 1.82) is 0 Å². The quantitative estimate of drug-likeness (QED) is 0.710. The summed E-state index contributed by atoms with van der Waals surface area (Å²) in [5, 5.41) is 18.9. The van der Waals surface area contributed by atoms with E-state index >= 15 is 0 Å². The molecule has 1 aliphatic carbocycles. The number of hydrogen-bond acceptors (Lipinski definition) is 7. The second-order valence-corrected chi connectivity index (χ2v) is 7.24. The van der Waals surface area contributed by atoms with E-state index in [1.54, 1.807) is 0 Å². The Morgan fingerprint density at radius 3 is 2.17 bits per heavy atom. The van der Waals surface area contributed by atoms with Crippen LogP contribution in [0.3, 0.4) is 0 Å². The molecule has 0 bridgehead atoms. The van der Waals surface area contributed by atoms with Gasteiger partial charge in [-0.15, -0.1) is 0 Å². The molecule has 4 rings (SSSR count). The van der Waals surface area contributed by atoms with Crippen molar-refractivity contribution in [2.24, 2.45) is 5.92 Å². The molecule has 1 saturated carbocycles. The first-order valence-electron chi connectivity index (χ1n) is 9.75. The molecule has 1 saturated heterocycles. The Bertz CT molecular complexity index is 876. The first-order valence-corrected chi connectivity index (χ1v) is 9.75. The Balaban J connectivity index is 0.000000377. The molecule has 1 atom stereocenters. The van der Waals surface area contributed by atoms with Gasteiger partial charge in [0.15, 0.2) is 0 Å². The summed E-state index contributed by atoms with van der Waals surface area (Å²) in [6.07, 6.45) is 2.14. The van der Waals surface area contributed by atoms with E-state index in [9.17, 15) is 4.79 Å². The highest BCUT2D eigenvalue weighted by Crippen LogP contribution is 2.32. The number of carbonyl (C=O) groups excluding carboxylic acids is 1. The van der Waals surface area contributed by atoms with Gasteiger partial charge >= 0.3 is 11.9 Å². The number of amides is 1. The molecule has 2 aromatic rings. The van der Waals surface area contributed by atoms with Crippen molar-refractivity contribution in [1.82, 2.24) is 19.9 Å². The summed E-state index contributed by atoms with van der Waals surface area (Å²) in [6.45, 7) is 5.37. The Kier molecular flexibility index (Phi) is 6.78. The standard InChI is InChI=1S/C18H22N4O2.C2H2O4/c1-13(17-19-16(20-24-17)14-5-3-2-4-6-14)21-9-11-22(12-10-21)18(23)15-7-8-15;3-1(4)2(5)6/h2-6,13,15H,7-12H2,1H3;(H,3,4)(H,5,6). The van der Waals surface area contributed by atoms with Gasteiger partial charge in [0.25, 0.3) is 0 Å². The van der Waals surface area contributed by atoms with Crippen LogP contribution in [0.25, 0.3) is 11.4 Å². The van der Waals surface area contributed by atoms with Crippen LogP contribution >= 0.6 is 0 Å². The van der Waals surface area contributed by atoms with Gasteiger partial charge in [0.1, 0.15) is 0 Å². The van der Waals surface area contributed by atoms with Crippen molar-refractivity contribution >= 4 is 17.8 Å². The van der Waals surface area contributed by atoms with Gasteiger partial charge in [0.2, 0.25) is 17.6 Å². The number of aromatic nitrogens is 2. The van der Waals surface area contributed by atoms with Gasteiger partial charge in [-0.2, -0.15) is 4.98 Å². The Labute approximate surface area is 173 Å². The summed E-state index contributed by atoms with van der Waals surface area (Å²) in [6, 6.07) is 9.90. The molecule has 2 heterocycles. The molecule has 1 aliphatic heterocycles. The minimum absolute atomic E-state index is 0.0631. The molecule has 2 N–H and O–H groups in total. The zero-order chi connectivity index (χ0) is 21.7. The summed E-state index contributed by atoms with van der Waals surface area (Å²) in [5.74, 6) is -1.74. The predicted molar refractivity (Wildman–Crippen MR) is 104 cm³/mol. The second-order valence-electron chi connectivity index (χ2n) is 7.24. The monoisotopic (exact) mass is 416 g/mol. The van der Waals surface area contributed by atoms with Crippen LogP contribution in [0.4, 0.5) is 0 Å². The molecular formula is C20H24N4O6. The van der Waals surface area contributed by atoms with Gasteiger partial charge in [-0.25, -0.2) is 9.59 Å². The van der Waals surface area contributed by atoms with Crippen LogP contribution in [0.15, 0.2) is 34.9 Å². The summed E-state index contributed by atoms with van der Waals surface area (Å²) in [5.41, 5.74) is 0.958. The van der Waals surface area contributed by atoms with E-state index in [0.29, 0.717) is 23.5 Å². The second kappa shape index (κ2) is 9.49. The van der Waals surface area contributed by atoms with E-state index in [1.807, 2.05) is 35.2 Å². The molecule has 2 aliphatic rings. The molecule has 1 aromatic heterocycles. The largest absolute Gasteiger partial charge is 0.473 e. The molecular weight excluding hydrogens is 392 g/mol. The zero-order valence-corrected chi connectivity index (χ0v) is 16.6. The average Bonchev–Trinajstić information content (AvgIpc) is 3.50. The van der Waals surface area contributed by atoms with Gasteiger partial charge in [-0.1, -0.05) is 35.5 Å². The minimum Gasteiger partial charge on any atom is -0.473 e. The molecule has 0 radical (unpaired) electrons. The van der Waals surface area contributed by atoms with E-state index in [4.69, 9.17) is 24.3 Å². The number of carboxylic acids is 2. The number of carboxylic acid groups (broad SMARTS) is 2. The first-order chi connectivity index (χ1) is 14.4. The highest BCUT2D eigenvalue weighted by Gasteiger charge is 2.35. The van der Waals surface area contributed by atoms with Crippen molar-refractivity contribution in [2.45, 2.75) is 25.8 Å². The van der Waals surface area contributed by atoms with Crippen LogP contribution < -0.4 is 0 Å². The molecule has 1 amide bonds. The Morgan fingerprint density at radius 1 is 1.03 bits per heavy atom. The summed E-state index contributed by atoms with van der Waals surface area (Å²) < 4.78 is 5.47. The molecule has 1 unspecified atom stereocenters. The van der Waals surface area contributed by atoms with Gasteiger partial charge in [-0.05, 0) is 19.8 Å². The fourth-order valence-electron chi connectivity index (χ4n) is 3.18. The third-order valence-electron chi connectivity index (χ3n) is 5.11. The third-order valence-corrected chi connectivity index (χ3v) is 5.11. The maximum absolute atomic E-state index is 12.1. The van der Waals surface area contributed by atoms with Crippen molar-refractivity contribution in [3.05, 3.63) is 36.2 Å². The van der Waals surface area contributed by atoms with E-state index in [1.165, 1.54) is 0 Å². The van der Waals surface area contributed by atoms with E-state index < -0.39 is 11.9 Å². The first kappa shape index (κ1) is 21.4. The van der Waals surface area contributed by atoms with E-state index in [-0.39, 0.29) is 6.04 Å². The predicted octanol–water partition coefficient (Wildman–Crippen LogP) is 1.51. The van der Waals surface area contributed by atoms with Crippen LogP contribution in [0.1, 0.15) is 31.7 Å². The highest BCUT2D eigenvalue weighted by atomic mass is 16.5. The summed E-state index contributed by atoms with van der Waals surface area (Å²) in [7, 11) is 0. The number of aliphatic carboxylic acids is 2. The van der Waals surface area contributed by atoms with Gasteiger partial charge in [-0.3, -0.25) is 9.69 Å². The van der Waals surface area contributed by atoms with E-state index in [0.717, 1.165) is 44.6 Å². The van der Waals surface area contributed by atoms with Crippen LogP contribution in [-0.2, 0) is 14.4 Å². The van der Waals surface area contributed by atoms with Crippen LogP contribution in [0, 0.1) is 5.92 Å². The molecule has 10 heteroatoms. The van der Waals surface area contributed by atoms with Crippen molar-refractivity contribution in [3.63, 3.8) is 0 Å². The van der Waals surface area contributed by atoms with Crippen molar-refractivity contribution in [3.8, 4) is 11.4 Å². The lowest BCUT2D eigenvalue weighted by atomic mass is 10.2. The topological polar surface area (TPSA) is 137 Å². The molecule has 2 fully saturated rings. The zero-order valence-electron chi connectivity index (χ0n) is 16.6. The Hall–Kier alpha value is -3.27. The SMILES string of the molecule is CC(c1nc(-c2ccccc2)no1)N1CCN(C(=O)C2CC2)CC1.O=C(O)C(=O)O. The third kappa shape index (κ3) is 5.41. The molecule has 30 heavy (non-hydrogen) atoms. The van der Waals surface area contributed by atoms with Crippen molar-refractivity contribution < 1.29 is 29.1 Å². The fourth-order valence-corrected chi connectivity index (χ4v) is 3.18. The smallest absolute Gasteiger partial charge is 0.414 e. The Morgan fingerprint density at radius 2 is 1.63 bits per heavy atom. The highest BCUT2D eigenvalue weighted by molar-refractivity contribution is 6.27. The van der Waals surface area contributed by atoms with Gasteiger partial charge in [0.05, 0.1) is 6.04 Å². The normalized spacial score (nSPS) is 17.6. The van der Waals surface area contributed by atoms with Crippen molar-refractivity contribution in [2.75, 3.05) is 26.2 Å². The number of benzene rings is 1. The summed E-state index contributed by atoms with van der Waals surface area (Å²) in [4.78, 5) is 39.2. The maximum Gasteiger partial charge on any atom is 0.414 e. The number of hydrogen-bond donors (Lipinski definition) is 2. The molecule has 10 nitrogen and oxygen atoms in total. The number of carbonyl (C=O) groups is 3. The molecule has 160 valence electrons.